The van der Waals surface area contributed by atoms with Gasteiger partial charge in [0.05, 0.1) is 24.1 Å². The quantitative estimate of drug-likeness (QED) is 0.495. The molecule has 1 aromatic heterocycles. The largest absolute Gasteiger partial charge is 0.488 e. The van der Waals surface area contributed by atoms with Crippen LogP contribution in [0.4, 0.5) is 16.3 Å². The number of nitrogen functional groups attached to an aromatic ring is 1. The molecule has 2 aliphatic rings. The molecule has 176 valence electrons. The molecule has 0 aliphatic carbocycles. The zero-order valence-corrected chi connectivity index (χ0v) is 18.0. The van der Waals surface area contributed by atoms with Crippen molar-refractivity contribution in [3.8, 4) is 5.75 Å². The van der Waals surface area contributed by atoms with Crippen molar-refractivity contribution in [3.05, 3.63) is 35.5 Å². The van der Waals surface area contributed by atoms with Crippen LogP contribution in [0.3, 0.4) is 0 Å². The van der Waals surface area contributed by atoms with Gasteiger partial charge in [0, 0.05) is 52.5 Å². The zero-order valence-electron chi connectivity index (χ0n) is 18.0. The number of nitrogens with zero attached hydrogens (tertiary/aromatic N) is 4. The SMILES string of the molecule is C.COC[C@H](C)Oc1ccc(N)c(C(=N)c2cc(N3CCN4C(=O)OCC4C3)nn2C)c1.[HH]. The minimum Gasteiger partial charge on any atom is -0.488 e. The van der Waals surface area contributed by atoms with Gasteiger partial charge in [0.2, 0.25) is 0 Å². The number of cyclic esters (lactones) is 1. The molecular formula is C22H34N6O4. The van der Waals surface area contributed by atoms with E-state index in [0.29, 0.717) is 55.5 Å². The molecular weight excluding hydrogens is 412 g/mol. The highest BCUT2D eigenvalue weighted by molar-refractivity contribution is 6.13. The molecule has 3 N–H and O–H groups in total. The van der Waals surface area contributed by atoms with E-state index >= 15 is 0 Å². The Balaban J connectivity index is 0.00000193. The lowest BCUT2D eigenvalue weighted by Crippen LogP contribution is -2.52. The van der Waals surface area contributed by atoms with Gasteiger partial charge >= 0.3 is 6.09 Å². The zero-order chi connectivity index (χ0) is 22.1. The van der Waals surface area contributed by atoms with E-state index in [-0.39, 0.29) is 32.8 Å². The standard InChI is InChI=1S/C21H28N6O4.CH4.H2/c1-13(11-29-3)31-15-4-5-17(22)16(8-15)20(23)18-9-19(24-25(18)2)26-6-7-27-14(10-26)12-30-21(27)28;;/h4-5,8-9,13-14,23H,6-7,10-12,22H2,1-3H3;1H4;1H/t13-,14?;;/m0../s1. The summed E-state index contributed by atoms with van der Waals surface area (Å²) in [5, 5.41) is 13.4. The van der Waals surface area contributed by atoms with Gasteiger partial charge in [0.1, 0.15) is 18.5 Å². The number of rotatable bonds is 7. The molecule has 2 atom stereocenters. The Morgan fingerprint density at radius 3 is 2.94 bits per heavy atom. The van der Waals surface area contributed by atoms with Crippen LogP contribution >= 0.6 is 0 Å². The monoisotopic (exact) mass is 446 g/mol. The number of carbonyl (C=O) groups is 1. The van der Waals surface area contributed by atoms with E-state index in [2.05, 4.69) is 10.00 Å². The number of fused-ring (bicyclic) bond motifs is 1. The lowest BCUT2D eigenvalue weighted by molar-refractivity contribution is 0.0921. The first-order valence-corrected chi connectivity index (χ1v) is 10.2. The summed E-state index contributed by atoms with van der Waals surface area (Å²) in [4.78, 5) is 15.6. The molecule has 32 heavy (non-hydrogen) atoms. The summed E-state index contributed by atoms with van der Waals surface area (Å²) in [6.07, 6.45) is -0.366. The molecule has 2 fully saturated rings. The number of methoxy groups -OCH3 is 1. The number of hydrogen-bond donors (Lipinski definition) is 2. The van der Waals surface area contributed by atoms with Crippen molar-refractivity contribution in [2.45, 2.75) is 26.5 Å². The van der Waals surface area contributed by atoms with Crippen LogP contribution in [0.1, 0.15) is 27.0 Å². The first kappa shape index (κ1) is 23.4. The van der Waals surface area contributed by atoms with E-state index < -0.39 is 0 Å². The number of aromatic nitrogens is 2. The molecule has 2 aromatic rings. The molecule has 3 heterocycles. The number of aryl methyl sites for hydroxylation is 1. The summed E-state index contributed by atoms with van der Waals surface area (Å²) in [6, 6.07) is 7.22. The molecule has 10 nitrogen and oxygen atoms in total. The van der Waals surface area contributed by atoms with Crippen LogP contribution in [0.2, 0.25) is 0 Å². The Labute approximate surface area is 189 Å². The Bertz CT molecular complexity index is 997. The average molecular weight is 447 g/mol. The predicted octanol–water partition coefficient (Wildman–Crippen LogP) is 2.36. The molecule has 1 amide bonds. The van der Waals surface area contributed by atoms with Gasteiger partial charge in [0.25, 0.3) is 0 Å². The lowest BCUT2D eigenvalue weighted by Gasteiger charge is -2.35. The summed E-state index contributed by atoms with van der Waals surface area (Å²) in [7, 11) is 3.43. The van der Waals surface area contributed by atoms with E-state index in [1.54, 1.807) is 34.9 Å². The molecule has 0 spiro atoms. The van der Waals surface area contributed by atoms with Gasteiger partial charge < -0.3 is 24.8 Å². The maximum Gasteiger partial charge on any atom is 0.410 e. The number of anilines is 2. The predicted molar refractivity (Wildman–Crippen MR) is 125 cm³/mol. The summed E-state index contributed by atoms with van der Waals surface area (Å²) in [5.74, 6) is 1.39. The molecule has 2 saturated heterocycles. The van der Waals surface area contributed by atoms with Crippen LogP contribution in [0.25, 0.3) is 0 Å². The lowest BCUT2D eigenvalue weighted by atomic mass is 10.0. The summed E-state index contributed by atoms with van der Waals surface area (Å²) in [6.45, 7) is 4.69. The Kier molecular flexibility index (Phi) is 6.93. The fourth-order valence-electron chi connectivity index (χ4n) is 4.00. The number of amides is 1. The summed E-state index contributed by atoms with van der Waals surface area (Å²) >= 11 is 0. The van der Waals surface area contributed by atoms with E-state index in [4.69, 9.17) is 25.4 Å². The second kappa shape index (κ2) is 9.47. The number of ether oxygens (including phenoxy) is 3. The summed E-state index contributed by atoms with van der Waals surface area (Å²) in [5.41, 5.74) is 8.16. The van der Waals surface area contributed by atoms with Gasteiger partial charge in [-0.15, -0.1) is 0 Å². The third kappa shape index (κ3) is 4.50. The molecule has 0 saturated carbocycles. The number of piperazine rings is 1. The van der Waals surface area contributed by atoms with E-state index in [1.165, 1.54) is 0 Å². The molecule has 0 bridgehead atoms. The first-order chi connectivity index (χ1) is 14.9. The number of benzene rings is 1. The summed E-state index contributed by atoms with van der Waals surface area (Å²) < 4.78 is 17.8. The molecule has 1 aromatic carbocycles. The van der Waals surface area contributed by atoms with Gasteiger partial charge in [-0.2, -0.15) is 5.10 Å². The van der Waals surface area contributed by atoms with Crippen molar-refractivity contribution in [1.82, 2.24) is 14.7 Å². The maximum atomic E-state index is 11.7. The van der Waals surface area contributed by atoms with Crippen molar-refractivity contribution < 1.29 is 20.4 Å². The van der Waals surface area contributed by atoms with Gasteiger partial charge in [0.15, 0.2) is 5.82 Å². The Hall–Kier alpha value is -3.27. The number of nitrogens with two attached hydrogens (primary N) is 1. The molecule has 2 aliphatic heterocycles. The molecule has 0 radical (unpaired) electrons. The van der Waals surface area contributed by atoms with Crippen LogP contribution in [0.5, 0.6) is 5.75 Å². The molecule has 10 heteroatoms. The average Bonchev–Trinajstić information content (AvgIpc) is 3.31. The fraction of sp³-hybridized carbons (Fsp3) is 0.500. The second-order valence-electron chi connectivity index (χ2n) is 7.89. The van der Waals surface area contributed by atoms with Crippen molar-refractivity contribution in [3.63, 3.8) is 0 Å². The Morgan fingerprint density at radius 2 is 2.19 bits per heavy atom. The maximum absolute atomic E-state index is 11.7. The topological polar surface area (TPSA) is 119 Å². The molecule has 1 unspecified atom stereocenters. The van der Waals surface area contributed by atoms with Crippen LogP contribution in [-0.2, 0) is 16.5 Å². The fourth-order valence-corrected chi connectivity index (χ4v) is 4.00. The van der Waals surface area contributed by atoms with Gasteiger partial charge in [-0.25, -0.2) is 4.79 Å². The van der Waals surface area contributed by atoms with Crippen molar-refractivity contribution >= 4 is 23.3 Å². The number of carbonyl (C=O) groups excluding carboxylic acids is 1. The van der Waals surface area contributed by atoms with Crippen molar-refractivity contribution in [2.24, 2.45) is 7.05 Å². The third-order valence-corrected chi connectivity index (χ3v) is 5.60. The normalized spacial score (nSPS) is 18.6. The van der Waals surface area contributed by atoms with Crippen molar-refractivity contribution in [2.75, 3.05) is 50.6 Å². The van der Waals surface area contributed by atoms with E-state index in [9.17, 15) is 4.79 Å². The van der Waals surface area contributed by atoms with E-state index in [0.717, 1.165) is 5.82 Å². The van der Waals surface area contributed by atoms with Gasteiger partial charge in [-0.3, -0.25) is 15.0 Å². The smallest absolute Gasteiger partial charge is 0.410 e. The minimum absolute atomic E-state index is 0. The molecule has 4 rings (SSSR count). The van der Waals surface area contributed by atoms with Gasteiger partial charge in [-0.1, -0.05) is 7.43 Å². The highest BCUT2D eigenvalue weighted by Gasteiger charge is 2.38. The van der Waals surface area contributed by atoms with E-state index in [1.807, 2.05) is 20.0 Å². The number of nitrogens with one attached hydrogen (secondary N) is 1. The van der Waals surface area contributed by atoms with Gasteiger partial charge in [-0.05, 0) is 25.1 Å². The first-order valence-electron chi connectivity index (χ1n) is 10.2. The third-order valence-electron chi connectivity index (χ3n) is 5.60. The van der Waals surface area contributed by atoms with Crippen LogP contribution < -0.4 is 15.4 Å². The number of hydrogen-bond acceptors (Lipinski definition) is 8. The van der Waals surface area contributed by atoms with Crippen molar-refractivity contribution in [1.29, 1.82) is 5.41 Å². The van der Waals surface area contributed by atoms with Crippen LogP contribution in [0.15, 0.2) is 24.3 Å². The van der Waals surface area contributed by atoms with Crippen LogP contribution in [0, 0.1) is 5.41 Å². The second-order valence-corrected chi connectivity index (χ2v) is 7.89. The highest BCUT2D eigenvalue weighted by Crippen LogP contribution is 2.27. The highest BCUT2D eigenvalue weighted by atomic mass is 16.6. The Morgan fingerprint density at radius 1 is 1.41 bits per heavy atom. The minimum atomic E-state index is -0.245. The van der Waals surface area contributed by atoms with Crippen LogP contribution in [-0.4, -0.2) is 78.6 Å².